The van der Waals surface area contributed by atoms with Crippen LogP contribution < -0.4 is 11.1 Å². The Bertz CT molecular complexity index is 357. The van der Waals surface area contributed by atoms with Crippen LogP contribution in [0, 0.1) is 0 Å². The molecule has 1 unspecified atom stereocenters. The van der Waals surface area contributed by atoms with E-state index in [1.807, 2.05) is 0 Å². The normalized spacial score (nSPS) is 20.0. The third-order valence-electron chi connectivity index (χ3n) is 3.50. The van der Waals surface area contributed by atoms with E-state index in [9.17, 15) is 9.59 Å². The Morgan fingerprint density at radius 2 is 1.85 bits per heavy atom. The van der Waals surface area contributed by atoms with Crippen molar-refractivity contribution in [2.75, 3.05) is 0 Å². The number of carboxylic acids is 1. The summed E-state index contributed by atoms with van der Waals surface area (Å²) in [5, 5.41) is 11.8. The lowest BCUT2D eigenvalue weighted by atomic mass is 9.77. The highest BCUT2D eigenvalue weighted by atomic mass is 16.6. The van der Waals surface area contributed by atoms with Crippen molar-refractivity contribution in [1.29, 1.82) is 0 Å². The first-order valence-corrected chi connectivity index (χ1v) is 7.13. The highest BCUT2D eigenvalue weighted by Gasteiger charge is 2.37. The van der Waals surface area contributed by atoms with E-state index in [2.05, 4.69) is 5.32 Å². The topological polar surface area (TPSA) is 102 Å². The van der Waals surface area contributed by atoms with Gasteiger partial charge in [0.2, 0.25) is 0 Å². The van der Waals surface area contributed by atoms with Gasteiger partial charge in [0.05, 0.1) is 0 Å². The molecule has 6 nitrogen and oxygen atoms in total. The Kier molecular flexibility index (Phi) is 5.39. The molecule has 1 amide bonds. The molecule has 1 aliphatic rings. The van der Waals surface area contributed by atoms with E-state index in [1.165, 1.54) is 0 Å². The maximum atomic E-state index is 12.0. The molecule has 0 spiro atoms. The van der Waals surface area contributed by atoms with Gasteiger partial charge in [0.25, 0.3) is 0 Å². The molecular weight excluding hydrogens is 260 g/mol. The lowest BCUT2D eigenvalue weighted by molar-refractivity contribution is -0.139. The minimum atomic E-state index is -1.04. The molecule has 1 rings (SSSR count). The zero-order chi connectivity index (χ0) is 15.4. The Morgan fingerprint density at radius 3 is 2.30 bits per heavy atom. The first-order valence-electron chi connectivity index (χ1n) is 7.13. The van der Waals surface area contributed by atoms with E-state index in [4.69, 9.17) is 15.6 Å². The van der Waals surface area contributed by atoms with Crippen molar-refractivity contribution < 1.29 is 19.4 Å². The van der Waals surface area contributed by atoms with Gasteiger partial charge in [-0.05, 0) is 40.0 Å². The highest BCUT2D eigenvalue weighted by molar-refractivity contribution is 5.74. The molecule has 0 aromatic rings. The summed E-state index contributed by atoms with van der Waals surface area (Å²) in [7, 11) is 0. The van der Waals surface area contributed by atoms with E-state index < -0.39 is 29.2 Å². The van der Waals surface area contributed by atoms with Crippen molar-refractivity contribution >= 4 is 12.1 Å². The van der Waals surface area contributed by atoms with Crippen LogP contribution in [0.5, 0.6) is 0 Å². The summed E-state index contributed by atoms with van der Waals surface area (Å²) in [5.74, 6) is -1.04. The number of ether oxygens (including phenoxy) is 1. The number of nitrogens with one attached hydrogen (secondary N) is 1. The van der Waals surface area contributed by atoms with Crippen LogP contribution in [0.25, 0.3) is 0 Å². The van der Waals surface area contributed by atoms with Gasteiger partial charge in [0.1, 0.15) is 11.6 Å². The second-order valence-electron chi connectivity index (χ2n) is 6.62. The third-order valence-corrected chi connectivity index (χ3v) is 3.50. The molecule has 1 atom stereocenters. The predicted octanol–water partition coefficient (Wildman–Crippen LogP) is 2.02. The summed E-state index contributed by atoms with van der Waals surface area (Å²) in [6.07, 6.45) is 4.24. The molecule has 0 bridgehead atoms. The van der Waals surface area contributed by atoms with E-state index in [0.717, 1.165) is 32.1 Å². The monoisotopic (exact) mass is 286 g/mol. The van der Waals surface area contributed by atoms with E-state index in [1.54, 1.807) is 20.8 Å². The molecule has 1 saturated carbocycles. The Morgan fingerprint density at radius 1 is 1.30 bits per heavy atom. The van der Waals surface area contributed by atoms with Crippen molar-refractivity contribution in [2.45, 2.75) is 76.5 Å². The van der Waals surface area contributed by atoms with Crippen molar-refractivity contribution in [3.8, 4) is 0 Å². The summed E-state index contributed by atoms with van der Waals surface area (Å²) in [4.78, 5) is 22.9. The fourth-order valence-electron chi connectivity index (χ4n) is 2.64. The van der Waals surface area contributed by atoms with Crippen molar-refractivity contribution in [3.63, 3.8) is 0 Å². The van der Waals surface area contributed by atoms with Crippen LogP contribution in [0.15, 0.2) is 0 Å². The molecule has 20 heavy (non-hydrogen) atoms. The molecule has 0 aliphatic heterocycles. The Hall–Kier alpha value is -1.30. The number of amides is 1. The van der Waals surface area contributed by atoms with Crippen LogP contribution in [-0.4, -0.2) is 34.4 Å². The number of carbonyl (C=O) groups excluding carboxylic acids is 1. The van der Waals surface area contributed by atoms with Crippen LogP contribution >= 0.6 is 0 Å². The molecule has 0 aromatic carbocycles. The second kappa shape index (κ2) is 6.43. The van der Waals surface area contributed by atoms with Gasteiger partial charge in [-0.25, -0.2) is 4.79 Å². The molecule has 116 valence electrons. The molecule has 6 heteroatoms. The van der Waals surface area contributed by atoms with Gasteiger partial charge in [-0.3, -0.25) is 4.79 Å². The van der Waals surface area contributed by atoms with Crippen LogP contribution in [-0.2, 0) is 9.53 Å². The molecule has 0 radical (unpaired) electrons. The quantitative estimate of drug-likeness (QED) is 0.733. The van der Waals surface area contributed by atoms with Crippen LogP contribution in [0.1, 0.15) is 59.3 Å². The molecule has 4 N–H and O–H groups in total. The van der Waals surface area contributed by atoms with Gasteiger partial charge >= 0.3 is 12.1 Å². The fourth-order valence-corrected chi connectivity index (χ4v) is 2.64. The van der Waals surface area contributed by atoms with Crippen LogP contribution in [0.2, 0.25) is 0 Å². The lowest BCUT2D eigenvalue weighted by Gasteiger charge is -2.39. The van der Waals surface area contributed by atoms with Crippen LogP contribution in [0.3, 0.4) is 0 Å². The number of rotatable bonds is 4. The van der Waals surface area contributed by atoms with Gasteiger partial charge in [-0.15, -0.1) is 0 Å². The SMILES string of the molecule is CC(C)(C)OC(=O)NC1(CC(N)C(=O)O)CCCCC1. The van der Waals surface area contributed by atoms with Crippen molar-refractivity contribution in [1.82, 2.24) is 5.32 Å². The van der Waals surface area contributed by atoms with Gasteiger partial charge in [0.15, 0.2) is 0 Å². The number of alkyl carbamates (subject to hydrolysis) is 1. The third kappa shape index (κ3) is 5.36. The largest absolute Gasteiger partial charge is 0.480 e. The molecule has 1 fully saturated rings. The Labute approximate surface area is 120 Å². The van der Waals surface area contributed by atoms with Crippen molar-refractivity contribution in [3.05, 3.63) is 0 Å². The average Bonchev–Trinajstić information content (AvgIpc) is 2.26. The minimum absolute atomic E-state index is 0.238. The summed E-state index contributed by atoms with van der Waals surface area (Å²) >= 11 is 0. The maximum Gasteiger partial charge on any atom is 0.408 e. The summed E-state index contributed by atoms with van der Waals surface area (Å²) in [6, 6.07) is -0.969. The number of carbonyl (C=O) groups is 2. The van der Waals surface area contributed by atoms with Crippen molar-refractivity contribution in [2.24, 2.45) is 5.73 Å². The zero-order valence-electron chi connectivity index (χ0n) is 12.6. The van der Waals surface area contributed by atoms with E-state index in [0.29, 0.717) is 0 Å². The lowest BCUT2D eigenvalue weighted by Crippen LogP contribution is -2.55. The molecule has 0 aromatic heterocycles. The number of aliphatic carboxylic acids is 1. The van der Waals surface area contributed by atoms with E-state index >= 15 is 0 Å². The first kappa shape index (κ1) is 16.8. The smallest absolute Gasteiger partial charge is 0.408 e. The zero-order valence-corrected chi connectivity index (χ0v) is 12.6. The first-order chi connectivity index (χ1) is 9.14. The molecule has 0 heterocycles. The highest BCUT2D eigenvalue weighted by Crippen LogP contribution is 2.32. The second-order valence-corrected chi connectivity index (χ2v) is 6.62. The van der Waals surface area contributed by atoms with Crippen LogP contribution in [0.4, 0.5) is 4.79 Å². The number of hydrogen-bond acceptors (Lipinski definition) is 4. The predicted molar refractivity (Wildman–Crippen MR) is 75.4 cm³/mol. The average molecular weight is 286 g/mol. The van der Waals surface area contributed by atoms with E-state index in [-0.39, 0.29) is 6.42 Å². The van der Waals surface area contributed by atoms with Gasteiger partial charge in [0, 0.05) is 5.54 Å². The molecule has 0 saturated heterocycles. The standard InChI is InChI=1S/C14H26N2O4/c1-13(2,3)20-12(19)16-14(7-5-4-6-8-14)9-10(15)11(17)18/h10H,4-9,15H2,1-3H3,(H,16,19)(H,17,18). The molecular formula is C14H26N2O4. The fraction of sp³-hybridized carbons (Fsp3) is 0.857. The van der Waals surface area contributed by atoms with Gasteiger partial charge < -0.3 is 20.9 Å². The van der Waals surface area contributed by atoms with Gasteiger partial charge in [-0.1, -0.05) is 19.3 Å². The number of nitrogens with two attached hydrogens (primary N) is 1. The Balaban J connectivity index is 2.73. The summed E-state index contributed by atoms with van der Waals surface area (Å²) in [5.41, 5.74) is 4.51. The van der Waals surface area contributed by atoms with Gasteiger partial charge in [-0.2, -0.15) is 0 Å². The summed E-state index contributed by atoms with van der Waals surface area (Å²) in [6.45, 7) is 5.38. The summed E-state index contributed by atoms with van der Waals surface area (Å²) < 4.78 is 5.27. The minimum Gasteiger partial charge on any atom is -0.480 e. The number of carboxylic acid groups (broad SMARTS) is 1. The molecule has 1 aliphatic carbocycles. The maximum absolute atomic E-state index is 12.0. The number of hydrogen-bond donors (Lipinski definition) is 3.